The van der Waals surface area contributed by atoms with E-state index in [9.17, 15) is 0 Å². The van der Waals surface area contributed by atoms with E-state index in [1.165, 1.54) is 0 Å². The van der Waals surface area contributed by atoms with Crippen LogP contribution in [0.25, 0.3) is 0 Å². The largest absolute Gasteiger partial charge is 0.379 e. The molecule has 0 unspecified atom stereocenters. The lowest BCUT2D eigenvalue weighted by Gasteiger charge is -2.22. The van der Waals surface area contributed by atoms with Gasteiger partial charge in [-0.2, -0.15) is 0 Å². The first-order chi connectivity index (χ1) is 4.75. The van der Waals surface area contributed by atoms with Gasteiger partial charge < -0.3 is 15.4 Å². The number of hydrogen-bond acceptors (Lipinski definition) is 3. The first kappa shape index (κ1) is 7.98. The smallest absolute Gasteiger partial charge is 0.0625 e. The van der Waals surface area contributed by atoms with Gasteiger partial charge in [-0.15, -0.1) is 0 Å². The van der Waals surface area contributed by atoms with Crippen molar-refractivity contribution in [1.29, 1.82) is 0 Å². The van der Waals surface area contributed by atoms with Crippen molar-refractivity contribution in [3.63, 3.8) is 0 Å². The molecule has 0 amide bonds. The molecule has 0 aliphatic carbocycles. The molecule has 60 valence electrons. The highest BCUT2D eigenvalue weighted by Gasteiger charge is 2.28. The standard InChI is InChI=1S/C7H16N2O/c1-9(2)7-5-10-4-6(7)3-8/h6-7H,3-5,8H2,1-2H3/t6-,7-/m1/s1. The van der Waals surface area contributed by atoms with E-state index in [0.717, 1.165) is 19.8 Å². The third kappa shape index (κ3) is 1.48. The maximum atomic E-state index is 5.56. The van der Waals surface area contributed by atoms with Gasteiger partial charge in [0.2, 0.25) is 0 Å². The quantitative estimate of drug-likeness (QED) is 0.569. The Bertz CT molecular complexity index is 106. The number of nitrogens with two attached hydrogens (primary N) is 1. The first-order valence-electron chi connectivity index (χ1n) is 3.70. The molecule has 0 saturated carbocycles. The lowest BCUT2D eigenvalue weighted by Crippen LogP contribution is -2.37. The van der Waals surface area contributed by atoms with Crippen LogP contribution in [-0.2, 0) is 4.74 Å². The van der Waals surface area contributed by atoms with Crippen molar-refractivity contribution >= 4 is 0 Å². The summed E-state index contributed by atoms with van der Waals surface area (Å²) < 4.78 is 5.30. The van der Waals surface area contributed by atoms with E-state index in [-0.39, 0.29) is 0 Å². The summed E-state index contributed by atoms with van der Waals surface area (Å²) in [5, 5.41) is 0. The van der Waals surface area contributed by atoms with E-state index in [0.29, 0.717) is 12.0 Å². The minimum Gasteiger partial charge on any atom is -0.379 e. The van der Waals surface area contributed by atoms with Crippen LogP contribution in [0, 0.1) is 5.92 Å². The fourth-order valence-electron chi connectivity index (χ4n) is 1.38. The molecule has 0 aromatic rings. The molecule has 2 atom stereocenters. The maximum absolute atomic E-state index is 5.56. The predicted octanol–water partition coefficient (Wildman–Crippen LogP) is -0.478. The molecule has 1 rings (SSSR count). The predicted molar refractivity (Wildman–Crippen MR) is 40.8 cm³/mol. The average Bonchev–Trinajstić information content (AvgIpc) is 2.33. The van der Waals surface area contributed by atoms with Crippen LogP contribution in [-0.4, -0.2) is 44.8 Å². The van der Waals surface area contributed by atoms with Gasteiger partial charge in [0.25, 0.3) is 0 Å². The molecule has 3 nitrogen and oxygen atoms in total. The van der Waals surface area contributed by atoms with Gasteiger partial charge in [0.05, 0.1) is 13.2 Å². The number of likely N-dealkylation sites (N-methyl/N-ethyl adjacent to an activating group) is 1. The zero-order valence-electron chi connectivity index (χ0n) is 6.71. The second-order valence-corrected chi connectivity index (χ2v) is 3.06. The minimum atomic E-state index is 0.532. The fourth-order valence-corrected chi connectivity index (χ4v) is 1.38. The summed E-state index contributed by atoms with van der Waals surface area (Å²) in [5.41, 5.74) is 5.56. The normalized spacial score (nSPS) is 33.6. The van der Waals surface area contributed by atoms with E-state index in [4.69, 9.17) is 10.5 Å². The molecule has 0 aromatic heterocycles. The Morgan fingerprint density at radius 1 is 1.50 bits per heavy atom. The lowest BCUT2D eigenvalue weighted by atomic mass is 10.0. The Morgan fingerprint density at radius 3 is 2.60 bits per heavy atom. The van der Waals surface area contributed by atoms with Crippen molar-refractivity contribution in [3.05, 3.63) is 0 Å². The third-order valence-electron chi connectivity index (χ3n) is 2.13. The van der Waals surface area contributed by atoms with Gasteiger partial charge >= 0.3 is 0 Å². The van der Waals surface area contributed by atoms with Crippen molar-refractivity contribution in [1.82, 2.24) is 4.90 Å². The van der Waals surface area contributed by atoms with Crippen LogP contribution in [0.4, 0.5) is 0 Å². The van der Waals surface area contributed by atoms with Crippen LogP contribution in [0.2, 0.25) is 0 Å². The molecule has 0 spiro atoms. The molecule has 1 aliphatic heterocycles. The van der Waals surface area contributed by atoms with Crippen LogP contribution < -0.4 is 5.73 Å². The number of rotatable bonds is 2. The highest BCUT2D eigenvalue weighted by atomic mass is 16.5. The number of hydrogen-bond donors (Lipinski definition) is 1. The summed E-state index contributed by atoms with van der Waals surface area (Å²) in [6, 6.07) is 0.532. The Hall–Kier alpha value is -0.120. The molecule has 0 bridgehead atoms. The molecule has 1 fully saturated rings. The van der Waals surface area contributed by atoms with Gasteiger partial charge in [0, 0.05) is 12.0 Å². The topological polar surface area (TPSA) is 38.5 Å². The summed E-state index contributed by atoms with van der Waals surface area (Å²) in [6.07, 6.45) is 0. The Balaban J connectivity index is 2.42. The summed E-state index contributed by atoms with van der Waals surface area (Å²) in [5.74, 6) is 0.537. The molecule has 1 saturated heterocycles. The zero-order chi connectivity index (χ0) is 7.56. The van der Waals surface area contributed by atoms with E-state index in [1.54, 1.807) is 0 Å². The van der Waals surface area contributed by atoms with Gasteiger partial charge in [0.15, 0.2) is 0 Å². The van der Waals surface area contributed by atoms with Crippen LogP contribution in [0.3, 0.4) is 0 Å². The van der Waals surface area contributed by atoms with Crippen molar-refractivity contribution in [2.75, 3.05) is 33.9 Å². The van der Waals surface area contributed by atoms with Crippen LogP contribution in [0.5, 0.6) is 0 Å². The first-order valence-corrected chi connectivity index (χ1v) is 3.70. The van der Waals surface area contributed by atoms with E-state index in [2.05, 4.69) is 19.0 Å². The van der Waals surface area contributed by atoms with E-state index < -0.39 is 0 Å². The molecule has 1 aliphatic rings. The third-order valence-corrected chi connectivity index (χ3v) is 2.13. The van der Waals surface area contributed by atoms with Gasteiger partial charge in [-0.3, -0.25) is 0 Å². The highest BCUT2D eigenvalue weighted by Crippen LogP contribution is 2.15. The molecular weight excluding hydrogens is 128 g/mol. The fraction of sp³-hybridized carbons (Fsp3) is 1.00. The summed E-state index contributed by atoms with van der Waals surface area (Å²) in [4.78, 5) is 2.19. The van der Waals surface area contributed by atoms with Gasteiger partial charge in [-0.1, -0.05) is 0 Å². The average molecular weight is 144 g/mol. The Labute approximate surface area is 62.1 Å². The van der Waals surface area contributed by atoms with Crippen molar-refractivity contribution < 1.29 is 4.74 Å². The van der Waals surface area contributed by atoms with Crippen LogP contribution >= 0.6 is 0 Å². The minimum absolute atomic E-state index is 0.532. The Kier molecular flexibility index (Phi) is 2.65. The molecule has 0 radical (unpaired) electrons. The molecule has 1 heterocycles. The number of ether oxygens (including phenoxy) is 1. The van der Waals surface area contributed by atoms with Crippen molar-refractivity contribution in [2.45, 2.75) is 6.04 Å². The maximum Gasteiger partial charge on any atom is 0.0625 e. The molecular formula is C7H16N2O. The van der Waals surface area contributed by atoms with E-state index in [1.807, 2.05) is 0 Å². The van der Waals surface area contributed by atoms with Gasteiger partial charge in [-0.25, -0.2) is 0 Å². The number of nitrogens with zero attached hydrogens (tertiary/aromatic N) is 1. The Morgan fingerprint density at radius 2 is 2.20 bits per heavy atom. The molecule has 10 heavy (non-hydrogen) atoms. The summed E-state index contributed by atoms with van der Waals surface area (Å²) in [7, 11) is 4.14. The van der Waals surface area contributed by atoms with Crippen molar-refractivity contribution in [3.8, 4) is 0 Å². The highest BCUT2D eigenvalue weighted by molar-refractivity contribution is 4.81. The molecule has 0 aromatic carbocycles. The van der Waals surface area contributed by atoms with E-state index >= 15 is 0 Å². The molecule has 3 heteroatoms. The summed E-state index contributed by atoms with van der Waals surface area (Å²) >= 11 is 0. The zero-order valence-corrected chi connectivity index (χ0v) is 6.71. The second-order valence-electron chi connectivity index (χ2n) is 3.06. The van der Waals surface area contributed by atoms with Gasteiger partial charge in [-0.05, 0) is 20.6 Å². The second kappa shape index (κ2) is 3.32. The van der Waals surface area contributed by atoms with Crippen LogP contribution in [0.15, 0.2) is 0 Å². The van der Waals surface area contributed by atoms with Gasteiger partial charge in [0.1, 0.15) is 0 Å². The van der Waals surface area contributed by atoms with Crippen molar-refractivity contribution in [2.24, 2.45) is 11.7 Å². The molecule has 2 N–H and O–H groups in total. The summed E-state index contributed by atoms with van der Waals surface area (Å²) in [6.45, 7) is 2.41. The SMILES string of the molecule is CN(C)[C@@H]1COC[C@H]1CN. The lowest BCUT2D eigenvalue weighted by molar-refractivity contribution is 0.169. The van der Waals surface area contributed by atoms with Crippen LogP contribution in [0.1, 0.15) is 0 Å². The monoisotopic (exact) mass is 144 g/mol.